The minimum Gasteiger partial charge on any atom is -0.458 e. The van der Waals surface area contributed by atoms with Gasteiger partial charge in [0.05, 0.1) is 43.0 Å². The molecule has 1 atom stereocenters. The smallest absolute Gasteiger partial charge is 0.339 e. The molecule has 16 heteroatoms. The molecule has 0 aliphatic carbocycles. The largest absolute Gasteiger partial charge is 0.458 e. The molecule has 0 saturated heterocycles. The molecule has 0 N–H and O–H groups in total. The number of nitro groups is 4. The fraction of sp³-hybridized carbons (Fsp3) is 0.176. The standard InChI is InChI=1S/C17H12N4O12/c1-9(33-17(23)11-4-14(20(28)29)7-15(5-11)21(30)31)8-32-16(22)10-2-12(18(24)25)6-13(3-10)19(26)27/h2-7,9H,8H2,1H3. The van der Waals surface area contributed by atoms with Crippen LogP contribution in [0.15, 0.2) is 36.4 Å². The second-order valence-electron chi connectivity index (χ2n) is 6.32. The van der Waals surface area contributed by atoms with Gasteiger partial charge in [0.15, 0.2) is 0 Å². The number of nitro benzene ring substituents is 4. The number of hydrogen-bond donors (Lipinski definition) is 0. The summed E-state index contributed by atoms with van der Waals surface area (Å²) in [6.45, 7) is 0.658. The van der Waals surface area contributed by atoms with Gasteiger partial charge in [-0.15, -0.1) is 0 Å². The topological polar surface area (TPSA) is 225 Å². The number of esters is 2. The van der Waals surface area contributed by atoms with E-state index in [1.165, 1.54) is 6.92 Å². The molecule has 0 saturated carbocycles. The zero-order valence-electron chi connectivity index (χ0n) is 16.4. The van der Waals surface area contributed by atoms with Crippen molar-refractivity contribution in [1.29, 1.82) is 0 Å². The summed E-state index contributed by atoms with van der Waals surface area (Å²) in [7, 11) is 0. The Morgan fingerprint density at radius 3 is 1.36 bits per heavy atom. The highest BCUT2D eigenvalue weighted by molar-refractivity contribution is 5.92. The molecular formula is C17H12N4O12. The summed E-state index contributed by atoms with van der Waals surface area (Å²) in [6, 6.07) is 4.34. The summed E-state index contributed by atoms with van der Waals surface area (Å²) in [5.41, 5.74) is -3.87. The van der Waals surface area contributed by atoms with Crippen molar-refractivity contribution in [3.05, 3.63) is 88.0 Å². The molecular weight excluding hydrogens is 452 g/mol. The minimum atomic E-state index is -1.18. The van der Waals surface area contributed by atoms with Crippen LogP contribution in [0.4, 0.5) is 22.7 Å². The molecule has 16 nitrogen and oxygen atoms in total. The van der Waals surface area contributed by atoms with Crippen LogP contribution in [-0.4, -0.2) is 44.3 Å². The third kappa shape index (κ3) is 6.23. The molecule has 0 heterocycles. The first kappa shape index (κ1) is 24.3. The van der Waals surface area contributed by atoms with Crippen LogP contribution < -0.4 is 0 Å². The van der Waals surface area contributed by atoms with Crippen LogP contribution in [0.25, 0.3) is 0 Å². The molecule has 2 aromatic rings. The third-order valence-corrected chi connectivity index (χ3v) is 3.88. The number of rotatable bonds is 9. The molecule has 33 heavy (non-hydrogen) atoms. The van der Waals surface area contributed by atoms with Crippen LogP contribution >= 0.6 is 0 Å². The van der Waals surface area contributed by atoms with Crippen molar-refractivity contribution in [2.24, 2.45) is 0 Å². The van der Waals surface area contributed by atoms with Crippen LogP contribution in [0.2, 0.25) is 0 Å². The normalized spacial score (nSPS) is 11.2. The number of hydrogen-bond acceptors (Lipinski definition) is 12. The number of carbonyl (C=O) groups is 2. The van der Waals surface area contributed by atoms with Gasteiger partial charge in [0.2, 0.25) is 0 Å². The van der Waals surface area contributed by atoms with Gasteiger partial charge in [-0.05, 0) is 6.92 Å². The first-order chi connectivity index (χ1) is 15.4. The van der Waals surface area contributed by atoms with E-state index < -0.39 is 78.2 Å². The summed E-state index contributed by atoms with van der Waals surface area (Å²) in [4.78, 5) is 64.2. The first-order valence-corrected chi connectivity index (χ1v) is 8.65. The predicted octanol–water partition coefficient (Wildman–Crippen LogP) is 2.72. The highest BCUT2D eigenvalue weighted by Crippen LogP contribution is 2.24. The lowest BCUT2D eigenvalue weighted by Crippen LogP contribution is -2.22. The molecule has 172 valence electrons. The fourth-order valence-electron chi connectivity index (χ4n) is 2.41. The maximum Gasteiger partial charge on any atom is 0.339 e. The molecule has 0 fully saturated rings. The van der Waals surface area contributed by atoms with Crippen molar-refractivity contribution in [3.63, 3.8) is 0 Å². The van der Waals surface area contributed by atoms with E-state index in [1.807, 2.05) is 0 Å². The van der Waals surface area contributed by atoms with Crippen molar-refractivity contribution < 1.29 is 38.8 Å². The van der Waals surface area contributed by atoms with Crippen molar-refractivity contribution in [2.75, 3.05) is 6.61 Å². The highest BCUT2D eigenvalue weighted by Gasteiger charge is 2.24. The Balaban J connectivity index is 2.11. The Morgan fingerprint density at radius 2 is 1.03 bits per heavy atom. The summed E-state index contributed by atoms with van der Waals surface area (Å²) in [5, 5.41) is 43.6. The lowest BCUT2D eigenvalue weighted by molar-refractivity contribution is -0.394. The van der Waals surface area contributed by atoms with Gasteiger partial charge in [-0.2, -0.15) is 0 Å². The molecule has 2 rings (SSSR count). The van der Waals surface area contributed by atoms with Gasteiger partial charge in [-0.1, -0.05) is 0 Å². The predicted molar refractivity (Wildman–Crippen MR) is 105 cm³/mol. The number of carbonyl (C=O) groups excluding carboxylic acids is 2. The maximum absolute atomic E-state index is 12.2. The summed E-state index contributed by atoms with van der Waals surface area (Å²) in [6.07, 6.45) is -1.16. The minimum absolute atomic E-state index is 0.497. The van der Waals surface area contributed by atoms with Crippen LogP contribution in [0.5, 0.6) is 0 Å². The summed E-state index contributed by atoms with van der Waals surface area (Å²) >= 11 is 0. The SMILES string of the molecule is CC(COC(=O)c1cc([N+](=O)[O-])cc([N+](=O)[O-])c1)OC(=O)c1cc([N+](=O)[O-])cc([N+](=O)[O-])c1. The zero-order valence-corrected chi connectivity index (χ0v) is 16.4. The van der Waals surface area contributed by atoms with E-state index in [4.69, 9.17) is 9.47 Å². The van der Waals surface area contributed by atoms with Gasteiger partial charge in [0, 0.05) is 24.3 Å². The molecule has 0 aromatic heterocycles. The van der Waals surface area contributed by atoms with Crippen molar-refractivity contribution >= 4 is 34.7 Å². The van der Waals surface area contributed by atoms with Crippen molar-refractivity contribution in [3.8, 4) is 0 Å². The molecule has 0 spiro atoms. The Hall–Kier alpha value is -5.02. The number of non-ortho nitro benzene ring substituents is 4. The second-order valence-corrected chi connectivity index (χ2v) is 6.32. The van der Waals surface area contributed by atoms with E-state index >= 15 is 0 Å². The van der Waals surface area contributed by atoms with Crippen LogP contribution in [0.1, 0.15) is 27.6 Å². The van der Waals surface area contributed by atoms with Crippen LogP contribution in [0, 0.1) is 40.5 Å². The number of nitrogens with zero attached hydrogens (tertiary/aromatic N) is 4. The first-order valence-electron chi connectivity index (χ1n) is 8.65. The molecule has 0 bridgehead atoms. The molecule has 0 aliphatic heterocycles. The Kier molecular flexibility index (Phi) is 7.24. The quantitative estimate of drug-likeness (QED) is 0.296. The van der Waals surface area contributed by atoms with Gasteiger partial charge >= 0.3 is 11.9 Å². The third-order valence-electron chi connectivity index (χ3n) is 3.88. The average Bonchev–Trinajstić information content (AvgIpc) is 2.76. The molecule has 1 unspecified atom stereocenters. The lowest BCUT2D eigenvalue weighted by Gasteiger charge is -2.13. The Bertz CT molecular complexity index is 1110. The summed E-state index contributed by atoms with van der Waals surface area (Å²) in [5.74, 6) is -2.37. The maximum atomic E-state index is 12.2. The van der Waals surface area contributed by atoms with E-state index in [0.29, 0.717) is 12.1 Å². The van der Waals surface area contributed by atoms with Crippen LogP contribution in [-0.2, 0) is 9.47 Å². The molecule has 2 aromatic carbocycles. The van der Waals surface area contributed by atoms with Gasteiger partial charge < -0.3 is 9.47 Å². The number of benzene rings is 2. The average molecular weight is 464 g/mol. The van der Waals surface area contributed by atoms with E-state index in [9.17, 15) is 50.0 Å². The Labute approximate surface area is 181 Å². The Morgan fingerprint density at radius 1 is 0.697 bits per heavy atom. The molecule has 0 aliphatic rings. The van der Waals surface area contributed by atoms with Crippen molar-refractivity contribution in [1.82, 2.24) is 0 Å². The van der Waals surface area contributed by atoms with E-state index in [2.05, 4.69) is 0 Å². The highest BCUT2D eigenvalue weighted by atomic mass is 16.6. The number of ether oxygens (including phenoxy) is 2. The fourth-order valence-corrected chi connectivity index (χ4v) is 2.41. The monoisotopic (exact) mass is 464 g/mol. The zero-order chi connectivity index (χ0) is 24.9. The summed E-state index contributed by atoms with van der Waals surface area (Å²) < 4.78 is 9.78. The van der Waals surface area contributed by atoms with E-state index in [1.54, 1.807) is 0 Å². The molecule has 0 amide bonds. The van der Waals surface area contributed by atoms with Gasteiger partial charge in [0.25, 0.3) is 22.7 Å². The molecule has 0 radical (unpaired) electrons. The van der Waals surface area contributed by atoms with E-state index in [0.717, 1.165) is 24.3 Å². The van der Waals surface area contributed by atoms with E-state index in [-0.39, 0.29) is 0 Å². The van der Waals surface area contributed by atoms with Gasteiger partial charge in [0.1, 0.15) is 12.7 Å². The van der Waals surface area contributed by atoms with Crippen molar-refractivity contribution in [2.45, 2.75) is 13.0 Å². The van der Waals surface area contributed by atoms with Crippen LogP contribution in [0.3, 0.4) is 0 Å². The van der Waals surface area contributed by atoms with Gasteiger partial charge in [-0.3, -0.25) is 40.5 Å². The second kappa shape index (κ2) is 9.86. The lowest BCUT2D eigenvalue weighted by atomic mass is 10.1. The van der Waals surface area contributed by atoms with Gasteiger partial charge in [-0.25, -0.2) is 9.59 Å².